The zero-order valence-electron chi connectivity index (χ0n) is 7.79. The molecule has 0 spiro atoms. The van der Waals surface area contributed by atoms with Gasteiger partial charge in [-0.3, -0.25) is 4.90 Å². The Morgan fingerprint density at radius 1 is 1.36 bits per heavy atom. The van der Waals surface area contributed by atoms with E-state index in [4.69, 9.17) is 4.74 Å². The Balaban J connectivity index is 2.70. The second-order valence-electron chi connectivity index (χ2n) is 3.37. The lowest BCUT2D eigenvalue weighted by atomic mass is 10.1. The first-order chi connectivity index (χ1) is 5.04. The molecule has 64 valence electrons. The molecule has 0 aromatic carbocycles. The number of likely N-dealkylation sites (N-methyl/N-ethyl adjacent to an activating group) is 1. The van der Waals surface area contributed by atoms with Crippen molar-refractivity contribution >= 4 is 0 Å². The smallest absolute Gasteiger partial charge is 0.111 e. The SMILES string of the molecule is C=C1OC(C)C(C)N(C)C1C. The minimum Gasteiger partial charge on any atom is -0.492 e. The van der Waals surface area contributed by atoms with Crippen LogP contribution < -0.4 is 0 Å². The van der Waals surface area contributed by atoms with E-state index in [1.54, 1.807) is 0 Å². The van der Waals surface area contributed by atoms with Crippen LogP contribution in [-0.2, 0) is 4.74 Å². The topological polar surface area (TPSA) is 12.5 Å². The van der Waals surface area contributed by atoms with E-state index in [1.165, 1.54) is 0 Å². The van der Waals surface area contributed by atoms with E-state index in [2.05, 4.69) is 39.3 Å². The third kappa shape index (κ3) is 1.41. The van der Waals surface area contributed by atoms with Gasteiger partial charge in [0.25, 0.3) is 0 Å². The number of nitrogens with zero attached hydrogens (tertiary/aromatic N) is 1. The fraction of sp³-hybridized carbons (Fsp3) is 0.778. The largest absolute Gasteiger partial charge is 0.492 e. The van der Waals surface area contributed by atoms with E-state index in [9.17, 15) is 0 Å². The Morgan fingerprint density at radius 2 is 1.91 bits per heavy atom. The van der Waals surface area contributed by atoms with Crippen molar-refractivity contribution in [3.05, 3.63) is 12.3 Å². The molecule has 2 nitrogen and oxygen atoms in total. The second-order valence-corrected chi connectivity index (χ2v) is 3.37. The van der Waals surface area contributed by atoms with E-state index in [1.807, 2.05) is 0 Å². The molecule has 3 atom stereocenters. The van der Waals surface area contributed by atoms with Crippen LogP contribution in [0.5, 0.6) is 0 Å². The number of hydrogen-bond acceptors (Lipinski definition) is 2. The molecule has 1 saturated heterocycles. The van der Waals surface area contributed by atoms with E-state index >= 15 is 0 Å². The first-order valence-electron chi connectivity index (χ1n) is 4.11. The summed E-state index contributed by atoms with van der Waals surface area (Å²) in [6, 6.07) is 0.830. The molecule has 2 heteroatoms. The summed E-state index contributed by atoms with van der Waals surface area (Å²) >= 11 is 0. The molecule has 1 aliphatic rings. The molecule has 0 aromatic heterocycles. The van der Waals surface area contributed by atoms with Gasteiger partial charge >= 0.3 is 0 Å². The highest BCUT2D eigenvalue weighted by atomic mass is 16.5. The Hall–Kier alpha value is -0.500. The number of ether oxygens (including phenoxy) is 1. The highest BCUT2D eigenvalue weighted by Gasteiger charge is 2.30. The maximum absolute atomic E-state index is 5.54. The molecule has 0 saturated carbocycles. The second kappa shape index (κ2) is 2.86. The summed E-state index contributed by atoms with van der Waals surface area (Å²) in [5.41, 5.74) is 0. The minimum absolute atomic E-state index is 0.267. The molecule has 0 amide bonds. The quantitative estimate of drug-likeness (QED) is 0.527. The molecular formula is C9H17NO. The van der Waals surface area contributed by atoms with Crippen molar-refractivity contribution in [3.8, 4) is 0 Å². The predicted octanol–water partition coefficient (Wildman–Crippen LogP) is 1.63. The molecule has 1 fully saturated rings. The summed E-state index contributed by atoms with van der Waals surface area (Å²) in [7, 11) is 2.11. The maximum Gasteiger partial charge on any atom is 0.111 e. The summed E-state index contributed by atoms with van der Waals surface area (Å²) in [5.74, 6) is 0.887. The average molecular weight is 155 g/mol. The van der Waals surface area contributed by atoms with Crippen molar-refractivity contribution in [3.63, 3.8) is 0 Å². The third-order valence-corrected chi connectivity index (χ3v) is 2.74. The molecule has 1 heterocycles. The molecular weight excluding hydrogens is 138 g/mol. The molecule has 0 aliphatic carbocycles. The van der Waals surface area contributed by atoms with Gasteiger partial charge in [-0.15, -0.1) is 0 Å². The fourth-order valence-corrected chi connectivity index (χ4v) is 1.35. The zero-order chi connectivity index (χ0) is 8.59. The van der Waals surface area contributed by atoms with Crippen LogP contribution >= 0.6 is 0 Å². The zero-order valence-corrected chi connectivity index (χ0v) is 7.79. The molecule has 0 bridgehead atoms. The average Bonchev–Trinajstić information content (AvgIpc) is 1.97. The Labute approximate surface area is 68.8 Å². The van der Waals surface area contributed by atoms with E-state index in [-0.39, 0.29) is 6.10 Å². The maximum atomic E-state index is 5.54. The van der Waals surface area contributed by atoms with Gasteiger partial charge in [-0.1, -0.05) is 6.58 Å². The van der Waals surface area contributed by atoms with Crippen molar-refractivity contribution in [2.75, 3.05) is 7.05 Å². The van der Waals surface area contributed by atoms with Gasteiger partial charge in [-0.25, -0.2) is 0 Å². The monoisotopic (exact) mass is 155 g/mol. The van der Waals surface area contributed by atoms with Crippen LogP contribution in [-0.4, -0.2) is 30.1 Å². The molecule has 1 rings (SSSR count). The fourth-order valence-electron chi connectivity index (χ4n) is 1.35. The van der Waals surface area contributed by atoms with Gasteiger partial charge in [0.2, 0.25) is 0 Å². The van der Waals surface area contributed by atoms with Crippen LogP contribution in [0, 0.1) is 0 Å². The van der Waals surface area contributed by atoms with Crippen molar-refractivity contribution in [1.29, 1.82) is 0 Å². The molecule has 0 N–H and O–H groups in total. The first kappa shape index (κ1) is 8.60. The van der Waals surface area contributed by atoms with Crippen LogP contribution in [0.25, 0.3) is 0 Å². The Morgan fingerprint density at radius 3 is 2.45 bits per heavy atom. The van der Waals surface area contributed by atoms with Gasteiger partial charge in [0.1, 0.15) is 11.9 Å². The lowest BCUT2D eigenvalue weighted by Gasteiger charge is -2.41. The van der Waals surface area contributed by atoms with Crippen LogP contribution in [0.3, 0.4) is 0 Å². The summed E-state index contributed by atoms with van der Waals surface area (Å²) in [5, 5.41) is 0. The van der Waals surface area contributed by atoms with Crippen molar-refractivity contribution in [2.24, 2.45) is 0 Å². The summed E-state index contributed by atoms with van der Waals surface area (Å²) < 4.78 is 5.54. The summed E-state index contributed by atoms with van der Waals surface area (Å²) in [4.78, 5) is 2.29. The summed E-state index contributed by atoms with van der Waals surface area (Å²) in [6.45, 7) is 10.2. The van der Waals surface area contributed by atoms with Crippen LogP contribution in [0.1, 0.15) is 20.8 Å². The van der Waals surface area contributed by atoms with E-state index in [0.29, 0.717) is 12.1 Å². The van der Waals surface area contributed by atoms with Crippen LogP contribution in [0.2, 0.25) is 0 Å². The highest BCUT2D eigenvalue weighted by molar-refractivity contribution is 5.01. The molecule has 0 aromatic rings. The lowest BCUT2D eigenvalue weighted by molar-refractivity contribution is -0.0244. The van der Waals surface area contributed by atoms with Gasteiger partial charge in [0.15, 0.2) is 0 Å². The van der Waals surface area contributed by atoms with E-state index in [0.717, 1.165) is 5.76 Å². The molecule has 11 heavy (non-hydrogen) atoms. The van der Waals surface area contributed by atoms with Crippen LogP contribution in [0.4, 0.5) is 0 Å². The minimum atomic E-state index is 0.267. The van der Waals surface area contributed by atoms with Gasteiger partial charge in [-0.05, 0) is 27.8 Å². The van der Waals surface area contributed by atoms with Gasteiger partial charge < -0.3 is 4.74 Å². The standard InChI is InChI=1S/C9H17NO/c1-6-8(3)11-9(4)7(2)10(6)5/h6-7,9H,3H2,1-2,4-5H3. The number of rotatable bonds is 0. The lowest BCUT2D eigenvalue weighted by Crippen LogP contribution is -2.49. The first-order valence-corrected chi connectivity index (χ1v) is 4.11. The number of hydrogen-bond donors (Lipinski definition) is 0. The summed E-state index contributed by atoms with van der Waals surface area (Å²) in [6.07, 6.45) is 0.267. The number of morpholine rings is 1. The Bertz CT molecular complexity index is 167. The molecule has 0 radical (unpaired) electrons. The van der Waals surface area contributed by atoms with Gasteiger partial charge in [0, 0.05) is 6.04 Å². The predicted molar refractivity (Wildman–Crippen MR) is 46.4 cm³/mol. The van der Waals surface area contributed by atoms with Crippen molar-refractivity contribution in [1.82, 2.24) is 4.90 Å². The van der Waals surface area contributed by atoms with Crippen molar-refractivity contribution < 1.29 is 4.74 Å². The van der Waals surface area contributed by atoms with Crippen LogP contribution in [0.15, 0.2) is 12.3 Å². The molecule has 1 aliphatic heterocycles. The van der Waals surface area contributed by atoms with Crippen molar-refractivity contribution in [2.45, 2.75) is 39.0 Å². The normalized spacial score (nSPS) is 40.4. The third-order valence-electron chi connectivity index (χ3n) is 2.74. The van der Waals surface area contributed by atoms with Gasteiger partial charge in [0.05, 0.1) is 6.04 Å². The highest BCUT2D eigenvalue weighted by Crippen LogP contribution is 2.22. The van der Waals surface area contributed by atoms with E-state index < -0.39 is 0 Å². The van der Waals surface area contributed by atoms with Gasteiger partial charge in [-0.2, -0.15) is 0 Å². The Kier molecular flexibility index (Phi) is 2.23. The molecule has 3 unspecified atom stereocenters.